The molecule has 0 heterocycles. The summed E-state index contributed by atoms with van der Waals surface area (Å²) in [5.41, 5.74) is 0. The minimum Gasteiger partial charge on any atom is -0.502 e. The first-order valence-corrected chi connectivity index (χ1v) is 4.87. The molecule has 1 amide bonds. The van der Waals surface area contributed by atoms with E-state index in [1.165, 1.54) is 6.26 Å². The number of amides is 1. The Morgan fingerprint density at radius 1 is 1.40 bits per heavy atom. The van der Waals surface area contributed by atoms with Crippen molar-refractivity contribution < 1.29 is 19.0 Å². The van der Waals surface area contributed by atoms with Crippen molar-refractivity contribution >= 4 is 5.91 Å². The summed E-state index contributed by atoms with van der Waals surface area (Å²) in [5.74, 6) is -0.121. The highest BCUT2D eigenvalue weighted by Gasteiger charge is 1.99. The summed E-state index contributed by atoms with van der Waals surface area (Å²) < 4.78 is 14.7. The zero-order valence-corrected chi connectivity index (χ0v) is 9.16. The van der Waals surface area contributed by atoms with Gasteiger partial charge in [-0.15, -0.1) is 0 Å². The molecule has 0 radical (unpaired) electrons. The van der Waals surface area contributed by atoms with Crippen LogP contribution in [0, 0.1) is 0 Å². The van der Waals surface area contributed by atoms with Crippen molar-refractivity contribution in [3.8, 4) is 0 Å². The van der Waals surface area contributed by atoms with E-state index in [1.807, 2.05) is 0 Å². The molecule has 0 saturated carbocycles. The Hall–Kier alpha value is -1.07. The van der Waals surface area contributed by atoms with E-state index in [0.29, 0.717) is 26.4 Å². The fourth-order valence-electron chi connectivity index (χ4n) is 0.825. The van der Waals surface area contributed by atoms with Crippen LogP contribution in [-0.4, -0.2) is 46.0 Å². The van der Waals surface area contributed by atoms with Crippen molar-refractivity contribution in [2.75, 3.05) is 40.1 Å². The van der Waals surface area contributed by atoms with E-state index >= 15 is 0 Å². The average Bonchev–Trinajstić information content (AvgIpc) is 2.24. The molecule has 0 bridgehead atoms. The number of rotatable bonds is 10. The molecule has 0 atom stereocenters. The smallest absolute Gasteiger partial charge is 0.246 e. The van der Waals surface area contributed by atoms with Gasteiger partial charge in [-0.1, -0.05) is 6.58 Å². The summed E-state index contributed by atoms with van der Waals surface area (Å²) in [6.45, 7) is 5.57. The van der Waals surface area contributed by atoms with Gasteiger partial charge in [0.1, 0.15) is 6.61 Å². The SMILES string of the molecule is C=COCCCNC(=O)COCCOC. The molecular weight excluding hydrogens is 198 g/mol. The summed E-state index contributed by atoms with van der Waals surface area (Å²) in [7, 11) is 1.59. The molecule has 0 saturated heterocycles. The van der Waals surface area contributed by atoms with Gasteiger partial charge < -0.3 is 19.5 Å². The number of hydrogen-bond donors (Lipinski definition) is 1. The van der Waals surface area contributed by atoms with Gasteiger partial charge in [0.2, 0.25) is 5.91 Å². The van der Waals surface area contributed by atoms with Gasteiger partial charge in [-0.25, -0.2) is 0 Å². The first-order chi connectivity index (χ1) is 7.31. The number of hydrogen-bond acceptors (Lipinski definition) is 4. The Labute approximate surface area is 90.4 Å². The summed E-state index contributed by atoms with van der Waals surface area (Å²) in [6.07, 6.45) is 2.14. The topological polar surface area (TPSA) is 56.8 Å². The lowest BCUT2D eigenvalue weighted by Gasteiger charge is -2.05. The summed E-state index contributed by atoms with van der Waals surface area (Å²) >= 11 is 0. The van der Waals surface area contributed by atoms with Crippen LogP contribution in [0.2, 0.25) is 0 Å². The van der Waals surface area contributed by atoms with Crippen molar-refractivity contribution in [1.82, 2.24) is 5.32 Å². The van der Waals surface area contributed by atoms with Gasteiger partial charge in [-0.05, 0) is 6.42 Å². The summed E-state index contributed by atoms with van der Waals surface area (Å²) in [4.78, 5) is 11.1. The van der Waals surface area contributed by atoms with Gasteiger partial charge in [0.25, 0.3) is 0 Å². The summed E-state index contributed by atoms with van der Waals surface area (Å²) in [5, 5.41) is 2.70. The Balaban J connectivity index is 3.15. The maximum Gasteiger partial charge on any atom is 0.246 e. The van der Waals surface area contributed by atoms with Crippen LogP contribution in [0.1, 0.15) is 6.42 Å². The lowest BCUT2D eigenvalue weighted by molar-refractivity contribution is -0.126. The molecule has 5 nitrogen and oxygen atoms in total. The molecule has 15 heavy (non-hydrogen) atoms. The van der Waals surface area contributed by atoms with Crippen LogP contribution < -0.4 is 5.32 Å². The van der Waals surface area contributed by atoms with Crippen LogP contribution in [0.5, 0.6) is 0 Å². The molecule has 0 fully saturated rings. The predicted octanol–water partition coefficient (Wildman–Crippen LogP) is 0.316. The molecule has 0 aliphatic heterocycles. The molecule has 0 rings (SSSR count). The van der Waals surface area contributed by atoms with Crippen molar-refractivity contribution in [3.05, 3.63) is 12.8 Å². The maximum absolute atomic E-state index is 11.1. The number of methoxy groups -OCH3 is 1. The number of carbonyl (C=O) groups excluding carboxylic acids is 1. The van der Waals surface area contributed by atoms with Crippen LogP contribution in [-0.2, 0) is 19.0 Å². The minimum absolute atomic E-state index is 0.0751. The molecule has 0 aromatic heterocycles. The molecular formula is C10H19NO4. The molecule has 0 aromatic carbocycles. The molecule has 5 heteroatoms. The Morgan fingerprint density at radius 3 is 2.87 bits per heavy atom. The second kappa shape index (κ2) is 11.0. The first-order valence-electron chi connectivity index (χ1n) is 4.87. The quantitative estimate of drug-likeness (QED) is 0.423. The molecule has 1 N–H and O–H groups in total. The highest BCUT2D eigenvalue weighted by atomic mass is 16.5. The van der Waals surface area contributed by atoms with Gasteiger partial charge in [0, 0.05) is 13.7 Å². The first kappa shape index (κ1) is 13.9. The zero-order chi connectivity index (χ0) is 11.4. The largest absolute Gasteiger partial charge is 0.502 e. The molecule has 0 spiro atoms. The maximum atomic E-state index is 11.1. The van der Waals surface area contributed by atoms with E-state index in [9.17, 15) is 4.79 Å². The predicted molar refractivity (Wildman–Crippen MR) is 56.5 cm³/mol. The van der Waals surface area contributed by atoms with Crippen LogP contribution in [0.4, 0.5) is 0 Å². The third-order valence-corrected chi connectivity index (χ3v) is 1.54. The number of ether oxygens (including phenoxy) is 3. The average molecular weight is 217 g/mol. The van der Waals surface area contributed by atoms with Crippen LogP contribution in [0.25, 0.3) is 0 Å². The third kappa shape index (κ3) is 10.9. The minimum atomic E-state index is -0.121. The van der Waals surface area contributed by atoms with Crippen molar-refractivity contribution in [1.29, 1.82) is 0 Å². The fraction of sp³-hybridized carbons (Fsp3) is 0.700. The van der Waals surface area contributed by atoms with Gasteiger partial charge in [0.05, 0.1) is 26.1 Å². The molecule has 88 valence electrons. The molecule has 0 aliphatic rings. The van der Waals surface area contributed by atoms with E-state index in [0.717, 1.165) is 6.42 Å². The Bertz CT molecular complexity index is 173. The highest BCUT2D eigenvalue weighted by molar-refractivity contribution is 5.77. The standard InChI is InChI=1S/C10H19NO4/c1-3-14-6-4-5-11-10(12)9-15-8-7-13-2/h3H,1,4-9H2,2H3,(H,11,12). The Kier molecular flexibility index (Phi) is 10.2. The highest BCUT2D eigenvalue weighted by Crippen LogP contribution is 1.82. The van der Waals surface area contributed by atoms with Crippen molar-refractivity contribution in [2.24, 2.45) is 0 Å². The van der Waals surface area contributed by atoms with E-state index in [-0.39, 0.29) is 12.5 Å². The van der Waals surface area contributed by atoms with Gasteiger partial charge in [-0.3, -0.25) is 4.79 Å². The number of carbonyl (C=O) groups is 1. The summed E-state index contributed by atoms with van der Waals surface area (Å²) in [6, 6.07) is 0. The lowest BCUT2D eigenvalue weighted by atomic mass is 10.4. The van der Waals surface area contributed by atoms with Gasteiger partial charge >= 0.3 is 0 Å². The lowest BCUT2D eigenvalue weighted by Crippen LogP contribution is -2.29. The molecule has 0 aliphatic carbocycles. The van der Waals surface area contributed by atoms with Crippen LogP contribution >= 0.6 is 0 Å². The Morgan fingerprint density at radius 2 is 2.20 bits per heavy atom. The van der Waals surface area contributed by atoms with E-state index in [4.69, 9.17) is 14.2 Å². The molecule has 0 aromatic rings. The monoisotopic (exact) mass is 217 g/mol. The van der Waals surface area contributed by atoms with Crippen molar-refractivity contribution in [2.45, 2.75) is 6.42 Å². The van der Waals surface area contributed by atoms with E-state index in [1.54, 1.807) is 7.11 Å². The van der Waals surface area contributed by atoms with Crippen LogP contribution in [0.15, 0.2) is 12.8 Å². The zero-order valence-electron chi connectivity index (χ0n) is 9.16. The third-order valence-electron chi connectivity index (χ3n) is 1.54. The fourth-order valence-corrected chi connectivity index (χ4v) is 0.825. The second-order valence-electron chi connectivity index (χ2n) is 2.79. The number of nitrogens with one attached hydrogen (secondary N) is 1. The van der Waals surface area contributed by atoms with E-state index < -0.39 is 0 Å². The normalized spacial score (nSPS) is 9.67. The van der Waals surface area contributed by atoms with E-state index in [2.05, 4.69) is 11.9 Å². The van der Waals surface area contributed by atoms with Gasteiger partial charge in [0.15, 0.2) is 0 Å². The van der Waals surface area contributed by atoms with Gasteiger partial charge in [-0.2, -0.15) is 0 Å². The van der Waals surface area contributed by atoms with Crippen molar-refractivity contribution in [3.63, 3.8) is 0 Å². The van der Waals surface area contributed by atoms with Crippen LogP contribution in [0.3, 0.4) is 0 Å². The second-order valence-corrected chi connectivity index (χ2v) is 2.79. The molecule has 0 unspecified atom stereocenters.